The molecule has 0 radical (unpaired) electrons. The Morgan fingerprint density at radius 3 is 2.50 bits per heavy atom. The molecule has 1 aromatic carbocycles. The summed E-state index contributed by atoms with van der Waals surface area (Å²) >= 11 is 0. The van der Waals surface area contributed by atoms with Crippen LogP contribution in [0.4, 0.5) is 11.7 Å². The highest BCUT2D eigenvalue weighted by atomic mass is 16.4. The molecule has 7 heteroatoms. The van der Waals surface area contributed by atoms with Crippen LogP contribution in [0.25, 0.3) is 0 Å². The molecule has 0 bridgehead atoms. The molecule has 1 aromatic heterocycles. The van der Waals surface area contributed by atoms with Gasteiger partial charge in [0.05, 0.1) is 17.7 Å². The van der Waals surface area contributed by atoms with E-state index in [9.17, 15) is 9.59 Å². The third-order valence-electron chi connectivity index (χ3n) is 2.53. The maximum Gasteiger partial charge on any atom is 0.335 e. The predicted molar refractivity (Wildman–Crippen MR) is 69.1 cm³/mol. The number of rotatable bonds is 6. The third-order valence-corrected chi connectivity index (χ3v) is 2.53. The summed E-state index contributed by atoms with van der Waals surface area (Å²) in [6.07, 6.45) is 1.66. The van der Waals surface area contributed by atoms with Gasteiger partial charge in [-0.1, -0.05) is 0 Å². The number of hydrogen-bond acceptors (Lipinski definition) is 5. The van der Waals surface area contributed by atoms with E-state index in [1.165, 1.54) is 18.4 Å². The van der Waals surface area contributed by atoms with Crippen molar-refractivity contribution in [1.82, 2.24) is 4.98 Å². The maximum absolute atomic E-state index is 10.7. The summed E-state index contributed by atoms with van der Waals surface area (Å²) in [6.45, 7) is 0. The Hall–Kier alpha value is -2.83. The van der Waals surface area contributed by atoms with Crippen LogP contribution < -0.4 is 5.32 Å². The molecule has 3 N–H and O–H groups in total. The molecule has 1 heterocycles. The third kappa shape index (κ3) is 3.58. The number of anilines is 2. The highest BCUT2D eigenvalue weighted by Crippen LogP contribution is 2.17. The van der Waals surface area contributed by atoms with Gasteiger partial charge in [-0.25, -0.2) is 4.79 Å². The minimum atomic E-state index is -0.997. The smallest absolute Gasteiger partial charge is 0.335 e. The molecule has 0 atom stereocenters. The number of carbonyl (C=O) groups is 2. The van der Waals surface area contributed by atoms with Crippen molar-refractivity contribution in [2.24, 2.45) is 0 Å². The Bertz CT molecular complexity index is 618. The first-order valence-corrected chi connectivity index (χ1v) is 5.81. The van der Waals surface area contributed by atoms with Crippen molar-refractivity contribution in [2.45, 2.75) is 12.8 Å². The fourth-order valence-electron chi connectivity index (χ4n) is 1.53. The molecule has 0 fully saturated rings. The van der Waals surface area contributed by atoms with Crippen LogP contribution in [-0.4, -0.2) is 27.1 Å². The van der Waals surface area contributed by atoms with Crippen LogP contribution in [0.3, 0.4) is 0 Å². The standard InChI is InChI=1S/C13H12N2O5/c16-11(17)6-5-10-7-20-13(15-10)14-9-3-1-8(2-4-9)12(18)19/h1-4,7H,5-6H2,(H,14,15)(H,16,17)(H,18,19). The van der Waals surface area contributed by atoms with Crippen LogP contribution >= 0.6 is 0 Å². The molecule has 0 unspecified atom stereocenters. The van der Waals surface area contributed by atoms with E-state index in [4.69, 9.17) is 14.6 Å². The number of nitrogens with one attached hydrogen (secondary N) is 1. The van der Waals surface area contributed by atoms with Crippen LogP contribution in [-0.2, 0) is 11.2 Å². The molecular weight excluding hydrogens is 264 g/mol. The molecule has 2 aromatic rings. The van der Waals surface area contributed by atoms with Gasteiger partial charge in [0.15, 0.2) is 0 Å². The molecule has 0 aliphatic carbocycles. The molecule has 0 spiro atoms. The SMILES string of the molecule is O=C(O)CCc1coc(Nc2ccc(C(=O)O)cc2)n1. The first-order chi connectivity index (χ1) is 9.54. The molecule has 7 nitrogen and oxygen atoms in total. The summed E-state index contributed by atoms with van der Waals surface area (Å²) in [5, 5.41) is 20.2. The number of hydrogen-bond donors (Lipinski definition) is 3. The van der Waals surface area contributed by atoms with Crippen molar-refractivity contribution in [2.75, 3.05) is 5.32 Å². The van der Waals surface area contributed by atoms with Crippen LogP contribution in [0.1, 0.15) is 22.5 Å². The van der Waals surface area contributed by atoms with E-state index >= 15 is 0 Å². The number of nitrogens with zero attached hydrogens (tertiary/aromatic N) is 1. The highest BCUT2D eigenvalue weighted by Gasteiger charge is 2.07. The number of aryl methyl sites for hydroxylation is 1. The molecule has 0 aliphatic rings. The number of carboxylic acid groups (broad SMARTS) is 2. The van der Waals surface area contributed by atoms with Gasteiger partial charge in [0.1, 0.15) is 6.26 Å². The lowest BCUT2D eigenvalue weighted by molar-refractivity contribution is -0.136. The van der Waals surface area contributed by atoms with E-state index in [0.29, 0.717) is 17.8 Å². The molecular formula is C13H12N2O5. The fourth-order valence-corrected chi connectivity index (χ4v) is 1.53. The van der Waals surface area contributed by atoms with Gasteiger partial charge in [0.25, 0.3) is 6.01 Å². The summed E-state index contributed by atoms with van der Waals surface area (Å²) in [7, 11) is 0. The molecule has 0 aliphatic heterocycles. The van der Waals surface area contributed by atoms with Gasteiger partial charge in [0, 0.05) is 12.1 Å². The molecule has 20 heavy (non-hydrogen) atoms. The Kier molecular flexibility index (Phi) is 3.99. The molecule has 2 rings (SSSR count). The van der Waals surface area contributed by atoms with Crippen LogP contribution in [0.2, 0.25) is 0 Å². The zero-order valence-corrected chi connectivity index (χ0v) is 10.4. The average Bonchev–Trinajstić information content (AvgIpc) is 2.84. The Morgan fingerprint density at radius 2 is 1.90 bits per heavy atom. The largest absolute Gasteiger partial charge is 0.481 e. The minimum absolute atomic E-state index is 0.0146. The van der Waals surface area contributed by atoms with E-state index in [2.05, 4.69) is 10.3 Å². The number of oxazole rings is 1. The zero-order chi connectivity index (χ0) is 14.5. The Balaban J connectivity index is 1.99. The Morgan fingerprint density at radius 1 is 1.20 bits per heavy atom. The van der Waals surface area contributed by atoms with E-state index in [1.54, 1.807) is 12.1 Å². The normalized spacial score (nSPS) is 10.2. The molecule has 0 saturated carbocycles. The Labute approximate surface area is 113 Å². The number of aliphatic carboxylic acids is 1. The van der Waals surface area contributed by atoms with Crippen molar-refractivity contribution in [1.29, 1.82) is 0 Å². The number of aromatic carboxylic acids is 1. The van der Waals surface area contributed by atoms with E-state index < -0.39 is 11.9 Å². The summed E-state index contributed by atoms with van der Waals surface area (Å²) in [4.78, 5) is 25.2. The topological polar surface area (TPSA) is 113 Å². The number of carboxylic acids is 2. The first kappa shape index (κ1) is 13.6. The van der Waals surface area contributed by atoms with Crippen molar-refractivity contribution in [3.8, 4) is 0 Å². The second kappa shape index (κ2) is 5.87. The molecule has 0 amide bonds. The van der Waals surface area contributed by atoms with Gasteiger partial charge >= 0.3 is 11.9 Å². The van der Waals surface area contributed by atoms with Crippen LogP contribution in [0, 0.1) is 0 Å². The van der Waals surface area contributed by atoms with Crippen LogP contribution in [0.5, 0.6) is 0 Å². The average molecular weight is 276 g/mol. The lowest BCUT2D eigenvalue weighted by Gasteiger charge is -2.01. The quantitative estimate of drug-likeness (QED) is 0.740. The molecule has 104 valence electrons. The van der Waals surface area contributed by atoms with Gasteiger partial charge in [-0.3, -0.25) is 4.79 Å². The van der Waals surface area contributed by atoms with Gasteiger partial charge in [-0.05, 0) is 24.3 Å². The number of aromatic nitrogens is 1. The van der Waals surface area contributed by atoms with Crippen molar-refractivity contribution < 1.29 is 24.2 Å². The first-order valence-electron chi connectivity index (χ1n) is 5.81. The monoisotopic (exact) mass is 276 g/mol. The van der Waals surface area contributed by atoms with Crippen molar-refractivity contribution >= 4 is 23.6 Å². The summed E-state index contributed by atoms with van der Waals surface area (Å²) in [5.41, 5.74) is 1.35. The van der Waals surface area contributed by atoms with Crippen molar-refractivity contribution in [3.63, 3.8) is 0 Å². The van der Waals surface area contributed by atoms with Gasteiger partial charge in [-0.15, -0.1) is 0 Å². The van der Waals surface area contributed by atoms with Gasteiger partial charge < -0.3 is 19.9 Å². The van der Waals surface area contributed by atoms with Crippen molar-refractivity contribution in [3.05, 3.63) is 41.8 Å². The fraction of sp³-hybridized carbons (Fsp3) is 0.154. The second-order valence-corrected chi connectivity index (χ2v) is 4.05. The van der Waals surface area contributed by atoms with Gasteiger partial charge in [0.2, 0.25) is 0 Å². The zero-order valence-electron chi connectivity index (χ0n) is 10.4. The van der Waals surface area contributed by atoms with E-state index in [-0.39, 0.29) is 18.0 Å². The maximum atomic E-state index is 10.7. The second-order valence-electron chi connectivity index (χ2n) is 4.05. The van der Waals surface area contributed by atoms with E-state index in [1.807, 2.05) is 0 Å². The van der Waals surface area contributed by atoms with Gasteiger partial charge in [-0.2, -0.15) is 4.98 Å². The lowest BCUT2D eigenvalue weighted by Crippen LogP contribution is -1.98. The lowest BCUT2D eigenvalue weighted by atomic mass is 10.2. The molecule has 0 saturated heterocycles. The number of benzene rings is 1. The summed E-state index contributed by atoms with van der Waals surface area (Å²) in [5.74, 6) is -1.89. The summed E-state index contributed by atoms with van der Waals surface area (Å²) in [6, 6.07) is 6.32. The minimum Gasteiger partial charge on any atom is -0.481 e. The highest BCUT2D eigenvalue weighted by molar-refractivity contribution is 5.88. The summed E-state index contributed by atoms with van der Waals surface area (Å²) < 4.78 is 5.15. The predicted octanol–water partition coefficient (Wildman–Crippen LogP) is 2.13. The van der Waals surface area contributed by atoms with Crippen LogP contribution in [0.15, 0.2) is 34.9 Å². The van der Waals surface area contributed by atoms with E-state index in [0.717, 1.165) is 0 Å².